The second-order valence-electron chi connectivity index (χ2n) is 6.88. The summed E-state index contributed by atoms with van der Waals surface area (Å²) in [5.41, 5.74) is 3.15. The fraction of sp³-hybridized carbons (Fsp3) is 0.238. The lowest BCUT2D eigenvalue weighted by Gasteiger charge is -2.22. The van der Waals surface area contributed by atoms with Gasteiger partial charge in [-0.15, -0.1) is 0 Å². The molecule has 11 heteroatoms. The van der Waals surface area contributed by atoms with E-state index in [9.17, 15) is 13.2 Å². The lowest BCUT2D eigenvalue weighted by Crippen LogP contribution is -2.44. The van der Waals surface area contributed by atoms with Crippen molar-refractivity contribution < 1.29 is 17.9 Å². The maximum atomic E-state index is 13.0. The fourth-order valence-electron chi connectivity index (χ4n) is 3.21. The number of rotatable bonds is 8. The molecule has 1 heterocycles. The van der Waals surface area contributed by atoms with Crippen LogP contribution < -0.4 is 10.2 Å². The minimum Gasteiger partial charge on any atom is -0.487 e. The number of nitrogens with zero attached hydrogens (tertiary/aromatic N) is 2. The third kappa shape index (κ3) is 5.79. The Morgan fingerprint density at radius 2 is 1.94 bits per heavy atom. The number of hydrogen-bond acceptors (Lipinski definition) is 5. The van der Waals surface area contributed by atoms with Crippen molar-refractivity contribution in [2.75, 3.05) is 13.2 Å². The summed E-state index contributed by atoms with van der Waals surface area (Å²) < 4.78 is 34.1. The molecular formula is C21H20Br2ClN3O4S. The molecule has 0 unspecified atom stereocenters. The summed E-state index contributed by atoms with van der Waals surface area (Å²) in [4.78, 5) is 12.8. The molecule has 0 spiro atoms. The smallest absolute Gasteiger partial charge is 0.258 e. The van der Waals surface area contributed by atoms with E-state index in [-0.39, 0.29) is 11.4 Å². The van der Waals surface area contributed by atoms with Crippen LogP contribution in [0, 0.1) is 0 Å². The maximum absolute atomic E-state index is 13.0. The van der Waals surface area contributed by atoms with E-state index >= 15 is 0 Å². The third-order valence-corrected chi connectivity index (χ3v) is 8.03. The van der Waals surface area contributed by atoms with Crippen LogP contribution >= 0.6 is 43.5 Å². The van der Waals surface area contributed by atoms with Crippen LogP contribution in [0.2, 0.25) is 5.02 Å². The van der Waals surface area contributed by atoms with Gasteiger partial charge in [0.25, 0.3) is 5.91 Å². The van der Waals surface area contributed by atoms with Crippen LogP contribution in [0.5, 0.6) is 5.75 Å². The molecule has 0 radical (unpaired) electrons. The van der Waals surface area contributed by atoms with E-state index in [2.05, 4.69) is 49.0 Å². The minimum atomic E-state index is -3.82. The van der Waals surface area contributed by atoms with Gasteiger partial charge in [-0.25, -0.2) is 13.8 Å². The molecule has 1 aliphatic heterocycles. The van der Waals surface area contributed by atoms with E-state index in [1.807, 2.05) is 0 Å². The first-order chi connectivity index (χ1) is 15.2. The van der Waals surface area contributed by atoms with Crippen molar-refractivity contribution in [1.82, 2.24) is 9.73 Å². The Morgan fingerprint density at radius 3 is 2.56 bits per heavy atom. The number of benzene rings is 2. The molecule has 32 heavy (non-hydrogen) atoms. The number of ether oxygens (including phenoxy) is 1. The Labute approximate surface area is 208 Å². The van der Waals surface area contributed by atoms with Crippen LogP contribution in [0.4, 0.5) is 0 Å². The predicted molar refractivity (Wildman–Crippen MR) is 132 cm³/mol. The largest absolute Gasteiger partial charge is 0.487 e. The van der Waals surface area contributed by atoms with Gasteiger partial charge in [0.15, 0.2) is 0 Å². The molecule has 0 aromatic heterocycles. The van der Waals surface area contributed by atoms with Crippen LogP contribution in [0.3, 0.4) is 0 Å². The molecule has 2 aromatic rings. The topological polar surface area (TPSA) is 88.1 Å². The molecular weight excluding hydrogens is 586 g/mol. The van der Waals surface area contributed by atoms with Crippen LogP contribution in [0.15, 0.2) is 68.0 Å². The SMILES string of the molecule is C=CCOc1c(Br)cc(/C=N\NC(=O)[C@H]2CCCN2S(=O)(=O)c2ccc(Cl)cc2)cc1Br. The Morgan fingerprint density at radius 1 is 1.28 bits per heavy atom. The van der Waals surface area contributed by atoms with Crippen molar-refractivity contribution in [2.45, 2.75) is 23.8 Å². The van der Waals surface area contributed by atoms with Gasteiger partial charge >= 0.3 is 0 Å². The molecule has 0 aliphatic carbocycles. The molecule has 0 bridgehead atoms. The van der Waals surface area contributed by atoms with Crippen LogP contribution in [-0.2, 0) is 14.8 Å². The first kappa shape index (κ1) is 24.9. The van der Waals surface area contributed by atoms with Gasteiger partial charge in [0.2, 0.25) is 10.0 Å². The first-order valence-electron chi connectivity index (χ1n) is 9.57. The van der Waals surface area contributed by atoms with E-state index < -0.39 is 22.0 Å². The highest BCUT2D eigenvalue weighted by atomic mass is 79.9. The van der Waals surface area contributed by atoms with Crippen molar-refractivity contribution in [1.29, 1.82) is 0 Å². The van der Waals surface area contributed by atoms with Crippen LogP contribution in [-0.4, -0.2) is 44.0 Å². The number of carbonyl (C=O) groups excluding carboxylic acids is 1. The van der Waals surface area contributed by atoms with Crippen molar-refractivity contribution >= 4 is 65.6 Å². The van der Waals surface area contributed by atoms with Crippen LogP contribution in [0.1, 0.15) is 18.4 Å². The molecule has 2 aromatic carbocycles. The fourth-order valence-corrected chi connectivity index (χ4v) is 6.44. The zero-order valence-electron chi connectivity index (χ0n) is 16.8. The molecule has 7 nitrogen and oxygen atoms in total. The lowest BCUT2D eigenvalue weighted by molar-refractivity contribution is -0.124. The summed E-state index contributed by atoms with van der Waals surface area (Å²) in [6, 6.07) is 8.61. The van der Waals surface area contributed by atoms with Gasteiger partial charge in [-0.05, 0) is 86.7 Å². The molecule has 170 valence electrons. The average molecular weight is 606 g/mol. The van der Waals surface area contributed by atoms with Gasteiger partial charge in [-0.1, -0.05) is 24.3 Å². The molecule has 1 atom stereocenters. The van der Waals surface area contributed by atoms with Gasteiger partial charge in [-0.3, -0.25) is 4.79 Å². The Hall–Kier alpha value is -1.72. The van der Waals surface area contributed by atoms with Crippen LogP contribution in [0.25, 0.3) is 0 Å². The summed E-state index contributed by atoms with van der Waals surface area (Å²) in [6.07, 6.45) is 4.11. The van der Waals surface area contributed by atoms with Crippen molar-refractivity contribution in [2.24, 2.45) is 5.10 Å². The Kier molecular flexibility index (Phi) is 8.51. The quantitative estimate of drug-likeness (QED) is 0.268. The number of carbonyl (C=O) groups is 1. The van der Waals surface area contributed by atoms with Crippen molar-refractivity contribution in [3.05, 3.63) is 68.6 Å². The molecule has 1 N–H and O–H groups in total. The number of nitrogens with one attached hydrogen (secondary N) is 1. The second kappa shape index (κ2) is 10.9. The molecule has 1 amide bonds. The molecule has 0 saturated carbocycles. The van der Waals surface area contributed by atoms with E-state index in [0.717, 1.165) is 0 Å². The summed E-state index contributed by atoms with van der Waals surface area (Å²) in [6.45, 7) is 4.24. The summed E-state index contributed by atoms with van der Waals surface area (Å²) in [5.74, 6) is 0.139. The van der Waals surface area contributed by atoms with E-state index in [4.69, 9.17) is 16.3 Å². The number of amides is 1. The highest BCUT2D eigenvalue weighted by molar-refractivity contribution is 9.11. The van der Waals surface area contributed by atoms with E-state index in [0.29, 0.717) is 44.7 Å². The molecule has 1 saturated heterocycles. The average Bonchev–Trinajstić information content (AvgIpc) is 3.24. The Bertz CT molecular complexity index is 1120. The second-order valence-corrected chi connectivity index (χ2v) is 10.9. The zero-order chi connectivity index (χ0) is 23.3. The number of hydrazone groups is 1. The van der Waals surface area contributed by atoms with E-state index in [1.54, 1.807) is 18.2 Å². The lowest BCUT2D eigenvalue weighted by atomic mass is 10.2. The van der Waals surface area contributed by atoms with Gasteiger partial charge in [0, 0.05) is 11.6 Å². The monoisotopic (exact) mass is 603 g/mol. The number of sulfonamides is 1. The summed E-state index contributed by atoms with van der Waals surface area (Å²) in [7, 11) is -3.82. The standard InChI is InChI=1S/C21H20Br2ClN3O4S/c1-2-10-31-20-17(22)11-14(12-18(20)23)13-25-26-21(28)19-4-3-9-27(19)32(29,30)16-7-5-15(24)6-8-16/h2,5-8,11-13,19H,1,3-4,9-10H2,(H,26,28)/b25-13-/t19-/m1/s1. The van der Waals surface area contributed by atoms with Gasteiger partial charge in [0.05, 0.1) is 20.1 Å². The van der Waals surface area contributed by atoms with Gasteiger partial charge in [-0.2, -0.15) is 9.41 Å². The minimum absolute atomic E-state index is 0.0959. The summed E-state index contributed by atoms with van der Waals surface area (Å²) >= 11 is 12.7. The normalized spacial score (nSPS) is 16.9. The van der Waals surface area contributed by atoms with Crippen molar-refractivity contribution in [3.8, 4) is 5.75 Å². The molecule has 3 rings (SSSR count). The first-order valence-corrected chi connectivity index (χ1v) is 13.0. The zero-order valence-corrected chi connectivity index (χ0v) is 21.5. The van der Waals surface area contributed by atoms with E-state index in [1.165, 1.54) is 34.8 Å². The van der Waals surface area contributed by atoms with Gasteiger partial charge < -0.3 is 4.74 Å². The van der Waals surface area contributed by atoms with Crippen molar-refractivity contribution in [3.63, 3.8) is 0 Å². The Balaban J connectivity index is 1.69. The van der Waals surface area contributed by atoms with Gasteiger partial charge in [0.1, 0.15) is 18.4 Å². The molecule has 1 aliphatic rings. The highest BCUT2D eigenvalue weighted by Gasteiger charge is 2.39. The summed E-state index contributed by atoms with van der Waals surface area (Å²) in [5, 5.41) is 4.44. The number of hydrogen-bond donors (Lipinski definition) is 1. The number of halogens is 3. The highest BCUT2D eigenvalue weighted by Crippen LogP contribution is 2.34. The third-order valence-electron chi connectivity index (χ3n) is 4.68. The predicted octanol–water partition coefficient (Wildman–Crippen LogP) is 4.73. The maximum Gasteiger partial charge on any atom is 0.258 e. The molecule has 1 fully saturated rings.